The van der Waals surface area contributed by atoms with E-state index in [-0.39, 0.29) is 18.0 Å². The van der Waals surface area contributed by atoms with Crippen molar-refractivity contribution in [2.45, 2.75) is 32.4 Å². The number of carbonyl (C=O) groups excluding carboxylic acids is 2. The zero-order valence-electron chi connectivity index (χ0n) is 25.3. The van der Waals surface area contributed by atoms with Crippen LogP contribution in [0.25, 0.3) is 11.1 Å². The van der Waals surface area contributed by atoms with Crippen molar-refractivity contribution < 1.29 is 14.3 Å². The molecule has 1 saturated heterocycles. The maximum atomic E-state index is 14.0. The highest BCUT2D eigenvalue weighted by molar-refractivity contribution is 6.10. The van der Waals surface area contributed by atoms with Crippen LogP contribution in [0.5, 0.6) is 0 Å². The van der Waals surface area contributed by atoms with Crippen LogP contribution in [0, 0.1) is 0 Å². The third-order valence-corrected chi connectivity index (χ3v) is 8.53. The molecule has 2 aliphatic heterocycles. The molecule has 44 heavy (non-hydrogen) atoms. The normalized spacial score (nSPS) is 16.1. The number of amides is 2. The second-order valence-corrected chi connectivity index (χ2v) is 11.4. The van der Waals surface area contributed by atoms with E-state index in [1.807, 2.05) is 77.7 Å². The van der Waals surface area contributed by atoms with Gasteiger partial charge in [0.1, 0.15) is 0 Å². The quantitative estimate of drug-likeness (QED) is 0.242. The van der Waals surface area contributed by atoms with Crippen molar-refractivity contribution in [3.63, 3.8) is 0 Å². The van der Waals surface area contributed by atoms with Crippen LogP contribution in [0.3, 0.4) is 0 Å². The number of nitrogens with zero attached hydrogens (tertiary/aromatic N) is 3. The average Bonchev–Trinajstić information content (AvgIpc) is 3.28. The summed E-state index contributed by atoms with van der Waals surface area (Å²) in [6.07, 6.45) is 3.30. The third kappa shape index (κ3) is 6.39. The monoisotopic (exact) mass is 588 g/mol. The second kappa shape index (κ2) is 13.9. The molecule has 6 rings (SSSR count). The summed E-state index contributed by atoms with van der Waals surface area (Å²) in [4.78, 5) is 34.2. The molecule has 0 bridgehead atoms. The van der Waals surface area contributed by atoms with Gasteiger partial charge >= 0.3 is 0 Å². The molecule has 2 amide bonds. The Balaban J connectivity index is 1.20. The number of ether oxygens (including phenoxy) is 1. The molecule has 226 valence electrons. The lowest BCUT2D eigenvalue weighted by molar-refractivity contribution is 0.0139. The minimum Gasteiger partial charge on any atom is -0.379 e. The van der Waals surface area contributed by atoms with E-state index in [0.717, 1.165) is 74.6 Å². The van der Waals surface area contributed by atoms with E-state index >= 15 is 0 Å². The van der Waals surface area contributed by atoms with Gasteiger partial charge in [0.05, 0.1) is 30.8 Å². The lowest BCUT2D eigenvalue weighted by Gasteiger charge is -2.42. The Bertz CT molecular complexity index is 1570. The molecular formula is C37H40N4O3. The zero-order chi connectivity index (χ0) is 30.3. The van der Waals surface area contributed by atoms with Gasteiger partial charge in [-0.25, -0.2) is 0 Å². The molecule has 7 nitrogen and oxygen atoms in total. The van der Waals surface area contributed by atoms with Gasteiger partial charge in [-0.2, -0.15) is 0 Å². The number of morpholine rings is 1. The first kappa shape index (κ1) is 29.6. The van der Waals surface area contributed by atoms with E-state index in [1.54, 1.807) is 12.1 Å². The second-order valence-electron chi connectivity index (χ2n) is 11.4. The largest absolute Gasteiger partial charge is 0.379 e. The molecule has 1 N–H and O–H groups in total. The van der Waals surface area contributed by atoms with Crippen molar-refractivity contribution in [2.75, 3.05) is 54.5 Å². The molecule has 7 heteroatoms. The molecule has 0 radical (unpaired) electrons. The lowest BCUT2D eigenvalue weighted by Crippen LogP contribution is -2.53. The van der Waals surface area contributed by atoms with Crippen molar-refractivity contribution in [1.82, 2.24) is 4.90 Å². The first-order valence-corrected chi connectivity index (χ1v) is 15.7. The molecule has 2 heterocycles. The molecule has 4 aromatic rings. The van der Waals surface area contributed by atoms with E-state index < -0.39 is 0 Å². The highest BCUT2D eigenvalue weighted by atomic mass is 16.5. The van der Waals surface area contributed by atoms with Crippen molar-refractivity contribution in [2.24, 2.45) is 0 Å². The number of para-hydroxylation sites is 2. The van der Waals surface area contributed by atoms with E-state index in [2.05, 4.69) is 40.2 Å². The molecule has 4 aromatic carbocycles. The first-order chi connectivity index (χ1) is 21.6. The molecular weight excluding hydrogens is 548 g/mol. The number of fused-ring (bicyclic) bond motifs is 1. The van der Waals surface area contributed by atoms with E-state index in [9.17, 15) is 9.59 Å². The molecule has 2 aliphatic rings. The predicted octanol–water partition coefficient (Wildman–Crippen LogP) is 6.92. The highest BCUT2D eigenvalue weighted by Gasteiger charge is 2.32. The average molecular weight is 589 g/mol. The Kier molecular flexibility index (Phi) is 9.34. The van der Waals surface area contributed by atoms with Crippen LogP contribution in [0.2, 0.25) is 0 Å². The molecule has 1 fully saturated rings. The van der Waals surface area contributed by atoms with E-state index in [0.29, 0.717) is 23.4 Å². The van der Waals surface area contributed by atoms with Gasteiger partial charge in [0, 0.05) is 43.0 Å². The van der Waals surface area contributed by atoms with Crippen LogP contribution in [-0.4, -0.2) is 62.3 Å². The summed E-state index contributed by atoms with van der Waals surface area (Å²) in [7, 11) is 0. The highest BCUT2D eigenvalue weighted by Crippen LogP contribution is 2.36. The van der Waals surface area contributed by atoms with Gasteiger partial charge in [0.25, 0.3) is 11.8 Å². The van der Waals surface area contributed by atoms with Crippen LogP contribution in [-0.2, 0) is 4.74 Å². The van der Waals surface area contributed by atoms with Crippen molar-refractivity contribution >= 4 is 28.9 Å². The predicted molar refractivity (Wildman–Crippen MR) is 177 cm³/mol. The Morgan fingerprint density at radius 1 is 0.773 bits per heavy atom. The van der Waals surface area contributed by atoms with Gasteiger partial charge in [-0.15, -0.1) is 0 Å². The Morgan fingerprint density at radius 3 is 2.20 bits per heavy atom. The number of anilines is 3. The number of nitrogens with one attached hydrogen (secondary N) is 1. The fraction of sp³-hybridized carbons (Fsp3) is 0.297. The van der Waals surface area contributed by atoms with Gasteiger partial charge in [-0.05, 0) is 66.4 Å². The van der Waals surface area contributed by atoms with Gasteiger partial charge in [0.2, 0.25) is 0 Å². The third-order valence-electron chi connectivity index (χ3n) is 8.53. The van der Waals surface area contributed by atoms with Crippen LogP contribution in [0.4, 0.5) is 17.1 Å². The zero-order valence-corrected chi connectivity index (χ0v) is 25.3. The summed E-state index contributed by atoms with van der Waals surface area (Å²) in [5, 5.41) is 3.02. The smallest absolute Gasteiger partial charge is 0.258 e. The van der Waals surface area contributed by atoms with Gasteiger partial charge in [0.15, 0.2) is 0 Å². The SMILES string of the molecule is CCCC(N1CCOCC1)N1CCCN(C(=O)c2ccc(NC(=O)c3ccccc3-c3ccccc3)cc2)c2ccccc21. The van der Waals surface area contributed by atoms with Gasteiger partial charge in [-0.1, -0.05) is 74.0 Å². The van der Waals surface area contributed by atoms with Crippen LogP contribution in [0.1, 0.15) is 46.9 Å². The lowest BCUT2D eigenvalue weighted by atomic mass is 9.99. The summed E-state index contributed by atoms with van der Waals surface area (Å²) >= 11 is 0. The van der Waals surface area contributed by atoms with Crippen molar-refractivity contribution in [3.05, 3.63) is 114 Å². The minimum absolute atomic E-state index is 0.0370. The molecule has 0 aromatic heterocycles. The van der Waals surface area contributed by atoms with E-state index in [1.165, 1.54) is 0 Å². The fourth-order valence-corrected chi connectivity index (χ4v) is 6.37. The summed E-state index contributed by atoms with van der Waals surface area (Å²) in [6, 6.07) is 33.0. The number of carbonyl (C=O) groups is 2. The maximum Gasteiger partial charge on any atom is 0.258 e. The Morgan fingerprint density at radius 2 is 1.45 bits per heavy atom. The standard InChI is InChI=1S/C37H40N4O3/c1-2-11-35(39-24-26-44-27-25-39)40-22-10-23-41(34-17-9-8-16-33(34)40)37(43)29-18-20-30(21-19-29)38-36(42)32-15-7-6-14-31(32)28-12-4-3-5-13-28/h3-9,12-21,35H,2,10-11,22-27H2,1H3,(H,38,42). The van der Waals surface area contributed by atoms with Crippen LogP contribution in [0.15, 0.2) is 103 Å². The summed E-state index contributed by atoms with van der Waals surface area (Å²) < 4.78 is 5.65. The molecule has 1 unspecified atom stereocenters. The Labute approximate surface area is 260 Å². The summed E-state index contributed by atoms with van der Waals surface area (Å²) in [6.45, 7) is 7.13. The molecule has 0 spiro atoms. The van der Waals surface area contributed by atoms with Crippen LogP contribution >= 0.6 is 0 Å². The Hall–Kier alpha value is -4.46. The fourth-order valence-electron chi connectivity index (χ4n) is 6.37. The van der Waals surface area contributed by atoms with Crippen molar-refractivity contribution in [1.29, 1.82) is 0 Å². The minimum atomic E-state index is -0.188. The summed E-state index contributed by atoms with van der Waals surface area (Å²) in [5.41, 5.74) is 5.74. The number of hydrogen-bond donors (Lipinski definition) is 1. The molecule has 0 aliphatic carbocycles. The van der Waals surface area contributed by atoms with E-state index in [4.69, 9.17) is 4.74 Å². The number of hydrogen-bond acceptors (Lipinski definition) is 5. The number of benzene rings is 4. The molecule has 1 atom stereocenters. The first-order valence-electron chi connectivity index (χ1n) is 15.7. The van der Waals surface area contributed by atoms with Gasteiger partial charge < -0.3 is 19.9 Å². The molecule has 0 saturated carbocycles. The van der Waals surface area contributed by atoms with Gasteiger partial charge in [-0.3, -0.25) is 14.5 Å². The summed E-state index contributed by atoms with van der Waals surface area (Å²) in [5.74, 6) is -0.225. The maximum absolute atomic E-state index is 14.0. The topological polar surface area (TPSA) is 65.1 Å². The number of rotatable bonds is 8. The van der Waals surface area contributed by atoms with Crippen molar-refractivity contribution in [3.8, 4) is 11.1 Å². The van der Waals surface area contributed by atoms with Crippen LogP contribution < -0.4 is 15.1 Å².